The van der Waals surface area contributed by atoms with Gasteiger partial charge in [0.1, 0.15) is 11.5 Å². The fourth-order valence-corrected chi connectivity index (χ4v) is 5.64. The molecule has 4 saturated carbocycles. The summed E-state index contributed by atoms with van der Waals surface area (Å²) in [5, 5.41) is 6.01. The average Bonchev–Trinajstić information content (AvgIpc) is 2.58. The summed E-state index contributed by atoms with van der Waals surface area (Å²) in [4.78, 5) is 28.5. The molecule has 0 aromatic rings. The number of hydrogen-bond donors (Lipinski definition) is 2. The van der Waals surface area contributed by atoms with Crippen LogP contribution < -0.4 is 10.6 Å². The summed E-state index contributed by atoms with van der Waals surface area (Å²) in [5.74, 6) is 2.13. The summed E-state index contributed by atoms with van der Waals surface area (Å²) in [7, 11) is 0. The number of ether oxygens (including phenoxy) is 2. The van der Waals surface area contributed by atoms with E-state index in [4.69, 9.17) is 9.47 Å². The molecule has 0 unspecified atom stereocenters. The molecule has 5 rings (SSSR count). The van der Waals surface area contributed by atoms with Crippen molar-refractivity contribution in [1.29, 1.82) is 0 Å². The topological polar surface area (TPSA) is 89.0 Å². The molecule has 4 aliphatic carbocycles. The molecule has 0 aromatic heterocycles. The zero-order valence-corrected chi connectivity index (χ0v) is 15.8. The second kappa shape index (κ2) is 7.02. The van der Waals surface area contributed by atoms with Gasteiger partial charge in [-0.05, 0) is 63.2 Å². The predicted octanol–water partition coefficient (Wildman–Crippen LogP) is 2.01. The van der Waals surface area contributed by atoms with Gasteiger partial charge in [-0.1, -0.05) is 6.58 Å². The zero-order chi connectivity index (χ0) is 19.0. The average molecular weight is 373 g/mol. The molecule has 27 heavy (non-hydrogen) atoms. The van der Waals surface area contributed by atoms with Crippen molar-refractivity contribution in [3.05, 3.63) is 24.2 Å². The first kappa shape index (κ1) is 18.1. The lowest BCUT2D eigenvalue weighted by Gasteiger charge is -2.56. The van der Waals surface area contributed by atoms with E-state index in [2.05, 4.69) is 22.2 Å². The summed E-state index contributed by atoms with van der Waals surface area (Å²) in [5.41, 5.74) is 0.161. The number of carbonyl (C=O) groups excluding carboxylic acids is 2. The molecule has 2 N–H and O–H groups in total. The summed E-state index contributed by atoms with van der Waals surface area (Å²) in [6.07, 6.45) is 8.72. The third-order valence-electron chi connectivity index (χ3n) is 6.08. The van der Waals surface area contributed by atoms with Gasteiger partial charge < -0.3 is 20.1 Å². The lowest BCUT2D eigenvalue weighted by molar-refractivity contribution is -0.138. The third-order valence-corrected chi connectivity index (χ3v) is 6.08. The van der Waals surface area contributed by atoms with Crippen LogP contribution in [0.4, 0.5) is 0 Å². The Morgan fingerprint density at radius 1 is 1.26 bits per heavy atom. The van der Waals surface area contributed by atoms with E-state index in [0.29, 0.717) is 0 Å². The van der Waals surface area contributed by atoms with E-state index in [1.165, 1.54) is 25.3 Å². The number of carbonyl (C=O) groups is 2. The van der Waals surface area contributed by atoms with Gasteiger partial charge in [-0.25, -0.2) is 4.79 Å². The highest BCUT2D eigenvalue weighted by Crippen LogP contribution is 2.55. The fourth-order valence-electron chi connectivity index (χ4n) is 5.64. The Kier molecular flexibility index (Phi) is 4.70. The normalized spacial score (nSPS) is 33.7. The first-order valence-electron chi connectivity index (χ1n) is 9.82. The largest absolute Gasteiger partial charge is 0.467 e. The van der Waals surface area contributed by atoms with Gasteiger partial charge in [0.2, 0.25) is 5.90 Å². The van der Waals surface area contributed by atoms with E-state index in [-0.39, 0.29) is 42.1 Å². The molecule has 146 valence electrons. The number of amides is 1. The number of esters is 1. The van der Waals surface area contributed by atoms with Crippen molar-refractivity contribution in [2.24, 2.45) is 22.7 Å². The Balaban J connectivity index is 1.34. The third kappa shape index (κ3) is 3.87. The van der Waals surface area contributed by atoms with Gasteiger partial charge in [0.05, 0.1) is 6.61 Å². The Morgan fingerprint density at radius 2 is 1.89 bits per heavy atom. The Bertz CT molecular complexity index is 689. The van der Waals surface area contributed by atoms with Crippen molar-refractivity contribution in [3.8, 4) is 0 Å². The molecule has 0 spiro atoms. The summed E-state index contributed by atoms with van der Waals surface area (Å²) >= 11 is 0. The maximum atomic E-state index is 12.5. The van der Waals surface area contributed by atoms with E-state index in [0.717, 1.165) is 37.0 Å². The molecule has 0 radical (unpaired) electrons. The Morgan fingerprint density at radius 3 is 2.48 bits per heavy atom. The van der Waals surface area contributed by atoms with Crippen LogP contribution in [0.5, 0.6) is 0 Å². The first-order valence-corrected chi connectivity index (χ1v) is 9.82. The Hall–Kier alpha value is -2.31. The van der Waals surface area contributed by atoms with Crippen molar-refractivity contribution in [1.82, 2.24) is 10.6 Å². The van der Waals surface area contributed by atoms with Crippen LogP contribution in [-0.2, 0) is 19.1 Å². The lowest BCUT2D eigenvalue weighted by Crippen LogP contribution is -2.60. The highest BCUT2D eigenvalue weighted by atomic mass is 16.5. The van der Waals surface area contributed by atoms with Gasteiger partial charge in [0.15, 0.2) is 6.61 Å². The molecular weight excluding hydrogens is 346 g/mol. The number of aliphatic imine (C=N–C) groups is 1. The van der Waals surface area contributed by atoms with Crippen LogP contribution in [0, 0.1) is 17.8 Å². The molecular formula is C20H27N3O4. The zero-order valence-electron chi connectivity index (χ0n) is 15.8. The molecule has 0 saturated heterocycles. The van der Waals surface area contributed by atoms with Gasteiger partial charge in [0.25, 0.3) is 5.91 Å². The highest BCUT2D eigenvalue weighted by Gasteiger charge is 2.51. The molecule has 0 atom stereocenters. The van der Waals surface area contributed by atoms with Gasteiger partial charge in [-0.15, -0.1) is 0 Å². The van der Waals surface area contributed by atoms with Gasteiger partial charge >= 0.3 is 5.97 Å². The molecule has 5 aliphatic rings. The minimum atomic E-state index is -0.507. The summed E-state index contributed by atoms with van der Waals surface area (Å²) in [6, 6.07) is 0. The van der Waals surface area contributed by atoms with Crippen LogP contribution in [0.1, 0.15) is 45.4 Å². The number of rotatable bonds is 5. The fraction of sp³-hybridized carbons (Fsp3) is 0.650. The quantitative estimate of drug-likeness (QED) is 0.720. The van der Waals surface area contributed by atoms with E-state index < -0.39 is 5.97 Å². The maximum Gasteiger partial charge on any atom is 0.354 e. The van der Waals surface area contributed by atoms with Crippen molar-refractivity contribution in [2.45, 2.75) is 51.0 Å². The monoisotopic (exact) mass is 373 g/mol. The highest BCUT2D eigenvalue weighted by molar-refractivity contribution is 6.00. The van der Waals surface area contributed by atoms with Gasteiger partial charge in [-0.3, -0.25) is 4.79 Å². The number of nitrogens with one attached hydrogen (secondary N) is 2. The maximum absolute atomic E-state index is 12.5. The molecule has 7 nitrogen and oxygen atoms in total. The second-order valence-electron chi connectivity index (χ2n) is 8.33. The van der Waals surface area contributed by atoms with Crippen molar-refractivity contribution < 1.29 is 19.1 Å². The standard InChI is InChI=1S/C20H27N3O4/c1-3-26-19(25)16-7-18(22-12(2)21-16)27-11-17(24)23-20-8-13-4-14(9-20)6-15(5-13)10-20/h7,13-15,21H,2-6,8-11H2,1H3,(H,23,24). The molecule has 4 fully saturated rings. The first-order chi connectivity index (χ1) is 12.9. The molecule has 1 amide bonds. The summed E-state index contributed by atoms with van der Waals surface area (Å²) in [6.45, 7) is 5.58. The van der Waals surface area contributed by atoms with Crippen LogP contribution in [-0.4, -0.2) is 36.5 Å². The van der Waals surface area contributed by atoms with E-state index in [1.807, 2.05) is 0 Å². The van der Waals surface area contributed by atoms with E-state index >= 15 is 0 Å². The second-order valence-corrected chi connectivity index (χ2v) is 8.33. The Labute approximate surface area is 159 Å². The van der Waals surface area contributed by atoms with E-state index in [1.54, 1.807) is 6.92 Å². The molecule has 0 aromatic carbocycles. The van der Waals surface area contributed by atoms with Crippen molar-refractivity contribution >= 4 is 17.8 Å². The van der Waals surface area contributed by atoms with Crippen LogP contribution in [0.2, 0.25) is 0 Å². The lowest BCUT2D eigenvalue weighted by atomic mass is 9.53. The van der Waals surface area contributed by atoms with Crippen LogP contribution >= 0.6 is 0 Å². The van der Waals surface area contributed by atoms with Crippen LogP contribution in [0.3, 0.4) is 0 Å². The minimum absolute atomic E-state index is 0.0410. The SMILES string of the molecule is C=C1N=C(OCC(=O)NC23CC4CC(CC(C4)C2)C3)C=C(C(=O)OCC)N1. The molecule has 7 heteroatoms. The van der Waals surface area contributed by atoms with E-state index in [9.17, 15) is 9.59 Å². The number of hydrogen-bond acceptors (Lipinski definition) is 6. The smallest absolute Gasteiger partial charge is 0.354 e. The summed E-state index contributed by atoms with van der Waals surface area (Å²) < 4.78 is 10.5. The van der Waals surface area contributed by atoms with Gasteiger partial charge in [0, 0.05) is 11.6 Å². The molecule has 1 aliphatic heterocycles. The van der Waals surface area contributed by atoms with Crippen molar-refractivity contribution in [3.63, 3.8) is 0 Å². The van der Waals surface area contributed by atoms with Crippen LogP contribution in [0.15, 0.2) is 29.2 Å². The molecule has 1 heterocycles. The minimum Gasteiger partial charge on any atom is -0.467 e. The van der Waals surface area contributed by atoms with Crippen molar-refractivity contribution in [2.75, 3.05) is 13.2 Å². The predicted molar refractivity (Wildman–Crippen MR) is 99.4 cm³/mol. The number of nitrogens with zero attached hydrogens (tertiary/aromatic N) is 1. The van der Waals surface area contributed by atoms with Crippen LogP contribution in [0.25, 0.3) is 0 Å². The molecule has 4 bridgehead atoms. The van der Waals surface area contributed by atoms with Gasteiger partial charge in [-0.2, -0.15) is 4.99 Å².